The van der Waals surface area contributed by atoms with Crippen molar-refractivity contribution in [1.29, 1.82) is 0 Å². The number of hydrogen-bond donors (Lipinski definition) is 4. The predicted octanol–water partition coefficient (Wildman–Crippen LogP) is 7.50. The van der Waals surface area contributed by atoms with Crippen molar-refractivity contribution in [3.63, 3.8) is 0 Å². The second-order valence-electron chi connectivity index (χ2n) is 17.8. The smallest absolute Gasteiger partial charge is 0.242 e. The third-order valence-electron chi connectivity index (χ3n) is 12.0. The van der Waals surface area contributed by atoms with Crippen LogP contribution in [0.5, 0.6) is 0 Å². The number of carbonyl (C=O) groups excluding carboxylic acids is 2. The molecule has 2 saturated heterocycles. The van der Waals surface area contributed by atoms with Gasteiger partial charge in [-0.25, -0.2) is 8.42 Å². The van der Waals surface area contributed by atoms with Gasteiger partial charge in [0.2, 0.25) is 21.8 Å². The Morgan fingerprint density at radius 1 is 0.833 bits per heavy atom. The number of fused-ring (bicyclic) bond motifs is 1. The van der Waals surface area contributed by atoms with E-state index >= 15 is 0 Å². The number of aliphatic hydroxyl groups excluding tert-OH is 1. The number of sulfonamides is 1. The molecule has 3 fully saturated rings. The molecule has 60 heavy (non-hydrogen) atoms. The molecule has 0 spiro atoms. The molecule has 2 amide bonds. The summed E-state index contributed by atoms with van der Waals surface area (Å²) in [5, 5.41) is 16.0. The monoisotopic (exact) mass is 836 g/mol. The number of likely N-dealkylation sites (tertiary alicyclic amines) is 1. The molecule has 0 unspecified atom stereocenters. The van der Waals surface area contributed by atoms with Gasteiger partial charge in [-0.05, 0) is 107 Å². The Hall–Kier alpha value is -4.43. The number of anilines is 1. The number of nitrogens with zero attached hydrogens (tertiary/aromatic N) is 1. The highest BCUT2D eigenvalue weighted by Gasteiger charge is 2.44. The summed E-state index contributed by atoms with van der Waals surface area (Å²) in [7, 11) is -4.03. The van der Waals surface area contributed by atoms with Crippen molar-refractivity contribution in [2.75, 3.05) is 11.9 Å². The normalized spacial score (nSPS) is 24.2. The molecule has 11 nitrogen and oxygen atoms in total. The fourth-order valence-corrected chi connectivity index (χ4v) is 10.2. The van der Waals surface area contributed by atoms with E-state index in [2.05, 4.69) is 20.3 Å². The summed E-state index contributed by atoms with van der Waals surface area (Å²) in [6.07, 6.45) is 5.68. The maximum Gasteiger partial charge on any atom is 0.242 e. The topological polar surface area (TPSA) is 146 Å². The summed E-state index contributed by atoms with van der Waals surface area (Å²) in [4.78, 5) is 30.5. The van der Waals surface area contributed by atoms with Crippen LogP contribution in [0.25, 0.3) is 0 Å². The summed E-state index contributed by atoms with van der Waals surface area (Å²) in [6, 6.07) is 29.8. The first-order valence-corrected chi connectivity index (χ1v) is 22.8. The van der Waals surface area contributed by atoms with Gasteiger partial charge in [0.05, 0.1) is 29.8 Å². The largest absolute Gasteiger partial charge is 0.392 e. The summed E-state index contributed by atoms with van der Waals surface area (Å²) in [5.41, 5.74) is 4.28. The van der Waals surface area contributed by atoms with Crippen LogP contribution in [0, 0.1) is 12.8 Å². The zero-order chi connectivity index (χ0) is 42.4. The summed E-state index contributed by atoms with van der Waals surface area (Å²) >= 11 is 0. The number of ether oxygens (including phenoxy) is 2. The van der Waals surface area contributed by atoms with Crippen LogP contribution in [-0.4, -0.2) is 66.6 Å². The summed E-state index contributed by atoms with van der Waals surface area (Å²) in [5.74, 6) is 0.0901. The van der Waals surface area contributed by atoms with Gasteiger partial charge in [-0.3, -0.25) is 14.5 Å². The zero-order valence-corrected chi connectivity index (χ0v) is 36.0. The Morgan fingerprint density at radius 2 is 1.57 bits per heavy atom. The second-order valence-corrected chi connectivity index (χ2v) is 19.5. The standard InChI is InChI=1S/C48H60N4O7S/c1-32-17-24-40(25-18-32)60(56,57)51-41(27-33-11-6-5-7-12-33)45(54)49-38-15-10-14-37(28-38)47-58-39(29-44(59-47)36-21-19-34(31-53)20-22-36)30-52-42-16-9-8-13-35(42)23-26-43(52)46(55)50-48(2,3)4/h5-7,10-12,14-15,17-22,24-25,28,35,39,41-44,47,51,53H,8-9,13,16,23,26-27,29-31H2,1-4H3,(H,49,54)(H,50,55)/t35-,39+,41-,42-,43-,44-,47-/m1/s1. The Balaban J connectivity index is 1.15. The van der Waals surface area contributed by atoms with Gasteiger partial charge in [-0.1, -0.05) is 97.3 Å². The lowest BCUT2D eigenvalue weighted by Crippen LogP contribution is -2.61. The average Bonchev–Trinajstić information content (AvgIpc) is 3.23. The number of aryl methyl sites for hydroxylation is 1. The molecule has 12 heteroatoms. The van der Waals surface area contributed by atoms with Crippen LogP contribution in [0.1, 0.15) is 106 Å². The first kappa shape index (κ1) is 43.7. The molecule has 4 aromatic carbocycles. The van der Waals surface area contributed by atoms with Gasteiger partial charge >= 0.3 is 0 Å². The van der Waals surface area contributed by atoms with E-state index in [-0.39, 0.29) is 47.6 Å². The lowest BCUT2D eigenvalue weighted by molar-refractivity contribution is -0.255. The third kappa shape index (κ3) is 11.1. The van der Waals surface area contributed by atoms with Crippen molar-refractivity contribution in [2.45, 2.75) is 133 Å². The number of aliphatic hydroxyl groups is 1. The number of carbonyl (C=O) groups is 2. The van der Waals surface area contributed by atoms with Gasteiger partial charge in [0.25, 0.3) is 0 Å². The molecule has 7 rings (SSSR count). The van der Waals surface area contributed by atoms with E-state index in [1.807, 2.05) is 100 Å². The van der Waals surface area contributed by atoms with Crippen LogP contribution < -0.4 is 15.4 Å². The maximum atomic E-state index is 14.1. The van der Waals surface area contributed by atoms with E-state index in [1.165, 1.54) is 25.0 Å². The highest BCUT2D eigenvalue weighted by atomic mass is 32.2. The van der Waals surface area contributed by atoms with E-state index in [4.69, 9.17) is 9.47 Å². The Kier molecular flexibility index (Phi) is 13.9. The van der Waals surface area contributed by atoms with Crippen molar-refractivity contribution in [2.24, 2.45) is 5.92 Å². The first-order chi connectivity index (χ1) is 28.7. The molecular formula is C48H60N4O7S. The van der Waals surface area contributed by atoms with Crippen LogP contribution in [0.15, 0.2) is 108 Å². The fourth-order valence-electron chi connectivity index (χ4n) is 9.00. The third-order valence-corrected chi connectivity index (χ3v) is 13.5. The molecule has 0 aromatic heterocycles. The minimum atomic E-state index is -4.03. The SMILES string of the molecule is Cc1ccc(S(=O)(=O)N[C@H](Cc2ccccc2)C(=O)Nc2cccc([C@@H]3O[C@H](CN4[C@@H](C(=O)NC(C)(C)C)CC[C@H]5CCCC[C@H]54)C[C@H](c4ccc(CO)cc4)O3)c2)cc1. The van der Waals surface area contributed by atoms with E-state index < -0.39 is 28.3 Å². The van der Waals surface area contributed by atoms with Gasteiger partial charge in [0.1, 0.15) is 6.04 Å². The number of benzene rings is 4. The van der Waals surface area contributed by atoms with Gasteiger partial charge in [-0.2, -0.15) is 4.72 Å². The molecule has 4 aromatic rings. The number of hydrogen-bond acceptors (Lipinski definition) is 8. The van der Waals surface area contributed by atoms with E-state index in [0.717, 1.165) is 47.9 Å². The van der Waals surface area contributed by atoms with Crippen LogP contribution in [0.4, 0.5) is 5.69 Å². The quantitative estimate of drug-likeness (QED) is 0.108. The number of rotatable bonds is 13. The average molecular weight is 837 g/mol. The number of nitrogens with one attached hydrogen (secondary N) is 3. The number of amides is 2. The molecule has 3 aliphatic rings. The van der Waals surface area contributed by atoms with Gasteiger partial charge in [-0.15, -0.1) is 0 Å². The first-order valence-electron chi connectivity index (χ1n) is 21.4. The molecule has 1 aliphatic carbocycles. The molecule has 0 bridgehead atoms. The number of piperidine rings is 1. The predicted molar refractivity (Wildman–Crippen MR) is 232 cm³/mol. The van der Waals surface area contributed by atoms with Crippen molar-refractivity contribution < 1.29 is 32.6 Å². The van der Waals surface area contributed by atoms with Crippen LogP contribution in [-0.2, 0) is 42.1 Å². The van der Waals surface area contributed by atoms with Gasteiger partial charge < -0.3 is 25.2 Å². The maximum absolute atomic E-state index is 14.1. The second kappa shape index (κ2) is 19.1. The lowest BCUT2D eigenvalue weighted by Gasteiger charge is -2.50. The lowest BCUT2D eigenvalue weighted by atomic mass is 9.75. The van der Waals surface area contributed by atoms with Crippen molar-refractivity contribution in [3.8, 4) is 0 Å². The molecule has 7 atom stereocenters. The van der Waals surface area contributed by atoms with Gasteiger partial charge in [0.15, 0.2) is 6.29 Å². The molecule has 0 radical (unpaired) electrons. The van der Waals surface area contributed by atoms with E-state index in [1.54, 1.807) is 18.2 Å². The fraction of sp³-hybridized carbons (Fsp3) is 0.458. The zero-order valence-electron chi connectivity index (χ0n) is 35.2. The molecule has 320 valence electrons. The van der Waals surface area contributed by atoms with Crippen molar-refractivity contribution in [3.05, 3.63) is 131 Å². The van der Waals surface area contributed by atoms with E-state index in [0.29, 0.717) is 36.2 Å². The van der Waals surface area contributed by atoms with Gasteiger partial charge in [0, 0.05) is 35.8 Å². The highest BCUT2D eigenvalue weighted by Crippen LogP contribution is 2.42. The minimum Gasteiger partial charge on any atom is -0.392 e. The summed E-state index contributed by atoms with van der Waals surface area (Å²) < 4.78 is 43.3. The van der Waals surface area contributed by atoms with Crippen LogP contribution in [0.3, 0.4) is 0 Å². The van der Waals surface area contributed by atoms with Crippen LogP contribution >= 0.6 is 0 Å². The molecule has 4 N–H and O–H groups in total. The van der Waals surface area contributed by atoms with E-state index in [9.17, 15) is 23.1 Å². The van der Waals surface area contributed by atoms with Crippen molar-refractivity contribution >= 4 is 27.5 Å². The Bertz CT molecular complexity index is 2180. The van der Waals surface area contributed by atoms with Crippen molar-refractivity contribution in [1.82, 2.24) is 14.9 Å². The molecular weight excluding hydrogens is 777 g/mol. The van der Waals surface area contributed by atoms with Crippen LogP contribution in [0.2, 0.25) is 0 Å². The Labute approximate surface area is 355 Å². The Morgan fingerprint density at radius 3 is 2.28 bits per heavy atom. The summed E-state index contributed by atoms with van der Waals surface area (Å²) in [6.45, 7) is 8.44. The molecule has 2 heterocycles. The molecule has 2 aliphatic heterocycles. The molecule has 1 saturated carbocycles. The minimum absolute atomic E-state index is 0.0569. The highest BCUT2D eigenvalue weighted by molar-refractivity contribution is 7.89.